The summed E-state index contributed by atoms with van der Waals surface area (Å²) in [5, 5.41) is 3.46. The quantitative estimate of drug-likeness (QED) is 0.578. The highest BCUT2D eigenvalue weighted by atomic mass is 16.5. The fourth-order valence-corrected chi connectivity index (χ4v) is 1.50. The van der Waals surface area contributed by atoms with Gasteiger partial charge in [0.15, 0.2) is 0 Å². The molecular weight excluding hydrogens is 198 g/mol. The van der Waals surface area contributed by atoms with Crippen molar-refractivity contribution >= 4 is 0 Å². The van der Waals surface area contributed by atoms with Gasteiger partial charge in [-0.1, -0.05) is 32.8 Å². The van der Waals surface area contributed by atoms with Crippen LogP contribution in [0.2, 0.25) is 0 Å². The van der Waals surface area contributed by atoms with E-state index in [1.807, 2.05) is 0 Å². The monoisotopic (exact) mass is 227 g/mol. The average Bonchev–Trinajstić information content (AvgIpc) is 2.16. The highest BCUT2D eigenvalue weighted by Gasteiger charge is 2.07. The second kappa shape index (κ2) is 9.86. The van der Waals surface area contributed by atoms with Crippen LogP contribution in [0, 0.1) is 5.92 Å². The molecule has 0 aromatic carbocycles. The molecule has 0 aliphatic carbocycles. The van der Waals surface area contributed by atoms with Gasteiger partial charge in [0.25, 0.3) is 0 Å². The van der Waals surface area contributed by atoms with Crippen LogP contribution in [0.4, 0.5) is 0 Å². The van der Waals surface area contributed by atoms with Crippen LogP contribution in [0.1, 0.15) is 47.0 Å². The van der Waals surface area contributed by atoms with Gasteiger partial charge in [-0.05, 0) is 32.2 Å². The van der Waals surface area contributed by atoms with Crippen LogP contribution in [0.15, 0.2) is 12.2 Å². The van der Waals surface area contributed by atoms with Gasteiger partial charge in [0, 0.05) is 6.54 Å². The average molecular weight is 227 g/mol. The zero-order valence-corrected chi connectivity index (χ0v) is 11.5. The van der Waals surface area contributed by atoms with Crippen LogP contribution in [-0.2, 0) is 4.74 Å². The summed E-state index contributed by atoms with van der Waals surface area (Å²) in [5.74, 6) is 0.706. The van der Waals surface area contributed by atoms with Crippen molar-refractivity contribution in [2.75, 3.05) is 19.7 Å². The van der Waals surface area contributed by atoms with Crippen LogP contribution in [-0.4, -0.2) is 25.8 Å². The molecule has 0 heterocycles. The van der Waals surface area contributed by atoms with Crippen molar-refractivity contribution in [3.8, 4) is 0 Å². The summed E-state index contributed by atoms with van der Waals surface area (Å²) in [7, 11) is 0. The lowest BCUT2D eigenvalue weighted by Gasteiger charge is -2.18. The molecule has 0 rings (SSSR count). The molecule has 96 valence electrons. The smallest absolute Gasteiger partial charge is 0.0699 e. The molecule has 0 aromatic rings. The van der Waals surface area contributed by atoms with Gasteiger partial charge in [-0.25, -0.2) is 0 Å². The highest BCUT2D eigenvalue weighted by Crippen LogP contribution is 2.04. The minimum absolute atomic E-state index is 0.364. The Kier molecular flexibility index (Phi) is 9.65. The van der Waals surface area contributed by atoms with E-state index in [0.29, 0.717) is 12.0 Å². The van der Waals surface area contributed by atoms with E-state index >= 15 is 0 Å². The minimum atomic E-state index is 0.364. The predicted molar refractivity (Wildman–Crippen MR) is 71.8 cm³/mol. The van der Waals surface area contributed by atoms with Gasteiger partial charge in [-0.15, -0.1) is 6.58 Å². The van der Waals surface area contributed by atoms with Gasteiger partial charge in [0.05, 0.1) is 12.7 Å². The number of nitrogens with one attached hydrogen (secondary N) is 1. The molecule has 0 amide bonds. The molecule has 0 saturated heterocycles. The van der Waals surface area contributed by atoms with Crippen LogP contribution < -0.4 is 5.32 Å². The fourth-order valence-electron chi connectivity index (χ4n) is 1.50. The Morgan fingerprint density at radius 1 is 1.31 bits per heavy atom. The van der Waals surface area contributed by atoms with Crippen LogP contribution >= 0.6 is 0 Å². The van der Waals surface area contributed by atoms with Crippen LogP contribution in [0.5, 0.6) is 0 Å². The standard InChI is InChI=1S/C14H29NO/c1-6-7-14(11-15-10-13(4)5)16-9-8-12(2)3/h13-15H,2,6-11H2,1,3-5H3. The molecule has 0 aromatic heterocycles. The maximum Gasteiger partial charge on any atom is 0.0699 e. The lowest BCUT2D eigenvalue weighted by Crippen LogP contribution is -2.31. The zero-order chi connectivity index (χ0) is 12.4. The summed E-state index contributed by atoms with van der Waals surface area (Å²) in [6, 6.07) is 0. The number of ether oxygens (including phenoxy) is 1. The third kappa shape index (κ3) is 10.2. The van der Waals surface area contributed by atoms with Crippen molar-refractivity contribution in [1.29, 1.82) is 0 Å². The lowest BCUT2D eigenvalue weighted by molar-refractivity contribution is 0.0488. The highest BCUT2D eigenvalue weighted by molar-refractivity contribution is 4.87. The third-order valence-corrected chi connectivity index (χ3v) is 2.42. The number of hydrogen-bond donors (Lipinski definition) is 1. The Labute approximate surface area is 101 Å². The van der Waals surface area contributed by atoms with Gasteiger partial charge in [-0.2, -0.15) is 0 Å². The molecule has 0 aliphatic heterocycles. The Morgan fingerprint density at radius 3 is 2.50 bits per heavy atom. The third-order valence-electron chi connectivity index (χ3n) is 2.42. The first-order valence-electron chi connectivity index (χ1n) is 6.53. The van der Waals surface area contributed by atoms with Crippen molar-refractivity contribution in [2.45, 2.75) is 53.1 Å². The Morgan fingerprint density at radius 2 is 2.00 bits per heavy atom. The second-order valence-corrected chi connectivity index (χ2v) is 5.04. The molecule has 16 heavy (non-hydrogen) atoms. The van der Waals surface area contributed by atoms with E-state index in [0.717, 1.165) is 32.5 Å². The maximum atomic E-state index is 5.85. The molecular formula is C14H29NO. The number of rotatable bonds is 10. The first-order chi connectivity index (χ1) is 7.56. The predicted octanol–water partition coefficient (Wildman–Crippen LogP) is 3.38. The Balaban J connectivity index is 3.65. The normalized spacial score (nSPS) is 13.1. The summed E-state index contributed by atoms with van der Waals surface area (Å²) in [6.07, 6.45) is 3.66. The molecule has 2 heteroatoms. The first kappa shape index (κ1) is 15.7. The molecule has 0 bridgehead atoms. The molecule has 0 spiro atoms. The van der Waals surface area contributed by atoms with Crippen molar-refractivity contribution in [2.24, 2.45) is 5.92 Å². The van der Waals surface area contributed by atoms with Gasteiger partial charge in [0.2, 0.25) is 0 Å². The molecule has 1 unspecified atom stereocenters. The van der Waals surface area contributed by atoms with E-state index in [-0.39, 0.29) is 0 Å². The van der Waals surface area contributed by atoms with Crippen LogP contribution in [0.25, 0.3) is 0 Å². The van der Waals surface area contributed by atoms with E-state index in [2.05, 4.69) is 39.6 Å². The molecule has 0 radical (unpaired) electrons. The van der Waals surface area contributed by atoms with Crippen LogP contribution in [0.3, 0.4) is 0 Å². The van der Waals surface area contributed by atoms with Gasteiger partial charge >= 0.3 is 0 Å². The Bertz CT molecular complexity index is 178. The van der Waals surface area contributed by atoms with Crippen molar-refractivity contribution in [1.82, 2.24) is 5.32 Å². The van der Waals surface area contributed by atoms with Crippen molar-refractivity contribution < 1.29 is 4.74 Å². The summed E-state index contributed by atoms with van der Waals surface area (Å²) in [4.78, 5) is 0. The maximum absolute atomic E-state index is 5.85. The van der Waals surface area contributed by atoms with Gasteiger partial charge in [0.1, 0.15) is 0 Å². The SMILES string of the molecule is C=C(C)CCOC(CCC)CNCC(C)C. The van der Waals surface area contributed by atoms with Gasteiger partial charge < -0.3 is 10.1 Å². The first-order valence-corrected chi connectivity index (χ1v) is 6.53. The van der Waals surface area contributed by atoms with E-state index in [1.165, 1.54) is 12.0 Å². The van der Waals surface area contributed by atoms with Crippen molar-refractivity contribution in [3.63, 3.8) is 0 Å². The topological polar surface area (TPSA) is 21.3 Å². The van der Waals surface area contributed by atoms with E-state index < -0.39 is 0 Å². The second-order valence-electron chi connectivity index (χ2n) is 5.04. The Hall–Kier alpha value is -0.340. The molecule has 1 N–H and O–H groups in total. The summed E-state index contributed by atoms with van der Waals surface area (Å²) in [6.45, 7) is 15.5. The summed E-state index contributed by atoms with van der Waals surface area (Å²) < 4.78 is 5.85. The van der Waals surface area contributed by atoms with E-state index in [4.69, 9.17) is 4.74 Å². The summed E-state index contributed by atoms with van der Waals surface area (Å²) in [5.41, 5.74) is 1.20. The molecule has 0 aliphatic rings. The number of hydrogen-bond acceptors (Lipinski definition) is 2. The fraction of sp³-hybridized carbons (Fsp3) is 0.857. The minimum Gasteiger partial charge on any atom is -0.377 e. The molecule has 2 nitrogen and oxygen atoms in total. The molecule has 1 atom stereocenters. The molecule has 0 saturated carbocycles. The van der Waals surface area contributed by atoms with E-state index in [1.54, 1.807) is 0 Å². The zero-order valence-electron chi connectivity index (χ0n) is 11.5. The van der Waals surface area contributed by atoms with E-state index in [9.17, 15) is 0 Å². The lowest BCUT2D eigenvalue weighted by atomic mass is 10.2. The van der Waals surface area contributed by atoms with Crippen molar-refractivity contribution in [3.05, 3.63) is 12.2 Å². The summed E-state index contributed by atoms with van der Waals surface area (Å²) >= 11 is 0. The molecule has 0 fully saturated rings. The largest absolute Gasteiger partial charge is 0.377 e. The van der Waals surface area contributed by atoms with Gasteiger partial charge in [-0.3, -0.25) is 0 Å².